The number of nitrogens with one attached hydrogen (secondary N) is 1. The Bertz CT molecular complexity index is 920. The Morgan fingerprint density at radius 3 is 2.73 bits per heavy atom. The van der Waals surface area contributed by atoms with Crippen LogP contribution in [0.1, 0.15) is 9.67 Å². The van der Waals surface area contributed by atoms with Crippen molar-refractivity contribution in [1.29, 1.82) is 0 Å². The number of hydrogen-bond donors (Lipinski definition) is 1. The van der Waals surface area contributed by atoms with E-state index in [0.717, 1.165) is 5.39 Å². The van der Waals surface area contributed by atoms with Crippen LogP contribution < -0.4 is 10.2 Å². The zero-order chi connectivity index (χ0) is 15.3. The van der Waals surface area contributed by atoms with Crippen LogP contribution in [0.2, 0.25) is 0 Å². The molecule has 2 aromatic heterocycles. The first-order valence-corrected chi connectivity index (χ1v) is 7.24. The summed E-state index contributed by atoms with van der Waals surface area (Å²) in [5.41, 5.74) is 1.65. The molecule has 4 rings (SSSR count). The van der Waals surface area contributed by atoms with Crippen molar-refractivity contribution >= 4 is 50.9 Å². The van der Waals surface area contributed by atoms with E-state index < -0.39 is 6.03 Å². The molecule has 0 saturated heterocycles. The quantitative estimate of drug-likeness (QED) is 0.729. The van der Waals surface area contributed by atoms with Crippen LogP contribution in [-0.4, -0.2) is 17.3 Å². The number of benzene rings is 1. The summed E-state index contributed by atoms with van der Waals surface area (Å²) in [6, 6.07) is 6.95. The molecule has 0 radical (unpaired) electrons. The number of anilines is 3. The molecule has 0 spiro atoms. The number of aromatic nitrogens is 1. The topological polar surface area (TPSA) is 62.3 Å². The first-order valence-electron chi connectivity index (χ1n) is 6.42. The molecule has 1 N–H and O–H groups in total. The van der Waals surface area contributed by atoms with Gasteiger partial charge in [-0.2, -0.15) is 0 Å². The van der Waals surface area contributed by atoms with Gasteiger partial charge in [-0.05, 0) is 30.3 Å². The van der Waals surface area contributed by atoms with Crippen molar-refractivity contribution in [2.24, 2.45) is 0 Å². The summed E-state index contributed by atoms with van der Waals surface area (Å²) in [5.74, 6) is -0.375. The van der Waals surface area contributed by atoms with Crippen molar-refractivity contribution in [1.82, 2.24) is 4.98 Å². The summed E-state index contributed by atoms with van der Waals surface area (Å²) < 4.78 is 13.1. The van der Waals surface area contributed by atoms with Gasteiger partial charge in [-0.1, -0.05) is 0 Å². The molecule has 1 aliphatic rings. The number of hydrogen-bond acceptors (Lipinski definition) is 4. The number of pyridine rings is 1. The molecule has 3 heterocycles. The molecular formula is C15H8FN3O2S. The third kappa shape index (κ3) is 1.72. The molecule has 2 amide bonds. The molecule has 0 aliphatic carbocycles. The van der Waals surface area contributed by atoms with Crippen molar-refractivity contribution in [3.05, 3.63) is 47.2 Å². The number of amides is 2. The van der Waals surface area contributed by atoms with Crippen LogP contribution in [-0.2, 0) is 0 Å². The maximum absolute atomic E-state index is 13.1. The summed E-state index contributed by atoms with van der Waals surface area (Å²) in [4.78, 5) is 30.4. The number of carbonyl (C=O) groups excluding carboxylic acids is 2. The Morgan fingerprint density at radius 1 is 1.23 bits per heavy atom. The smallest absolute Gasteiger partial charge is 0.305 e. The highest BCUT2D eigenvalue weighted by atomic mass is 32.1. The molecule has 22 heavy (non-hydrogen) atoms. The van der Waals surface area contributed by atoms with Gasteiger partial charge in [0.05, 0.1) is 27.3 Å². The fourth-order valence-corrected chi connectivity index (χ4v) is 3.47. The summed E-state index contributed by atoms with van der Waals surface area (Å²) in [7, 11) is 0. The molecule has 5 nitrogen and oxygen atoms in total. The van der Waals surface area contributed by atoms with Crippen LogP contribution in [0.3, 0.4) is 0 Å². The standard InChI is InChI=1S/C15H8FN3O2S/c16-8-1-3-9(4-2-8)19-10-5-6-17-14-12(10)13(18-15(19)21)11(7-20)22-14/h1-7H,(H,18,21). The average Bonchev–Trinajstić information content (AvgIpc) is 2.88. The number of thiophene rings is 1. The van der Waals surface area contributed by atoms with E-state index in [1.807, 2.05) is 0 Å². The Kier molecular flexibility index (Phi) is 2.70. The SMILES string of the molecule is O=Cc1sc2nccc3c2c1NC(=O)N3c1ccc(F)cc1. The van der Waals surface area contributed by atoms with E-state index in [9.17, 15) is 14.0 Å². The van der Waals surface area contributed by atoms with Gasteiger partial charge in [-0.15, -0.1) is 11.3 Å². The second-order valence-electron chi connectivity index (χ2n) is 4.71. The maximum atomic E-state index is 13.1. The first-order chi connectivity index (χ1) is 10.7. The Morgan fingerprint density at radius 2 is 2.00 bits per heavy atom. The largest absolute Gasteiger partial charge is 0.331 e. The molecule has 1 aliphatic heterocycles. The molecule has 0 saturated carbocycles. The van der Waals surface area contributed by atoms with Gasteiger partial charge < -0.3 is 5.32 Å². The Labute approximate surface area is 128 Å². The third-order valence-electron chi connectivity index (χ3n) is 3.47. The Hall–Kier alpha value is -2.80. The third-order valence-corrected chi connectivity index (χ3v) is 4.49. The second kappa shape index (κ2) is 4.60. The lowest BCUT2D eigenvalue weighted by Gasteiger charge is -2.28. The maximum Gasteiger partial charge on any atom is 0.331 e. The van der Waals surface area contributed by atoms with Crippen LogP contribution in [0.5, 0.6) is 0 Å². The first kappa shape index (κ1) is 12.9. The number of carbonyl (C=O) groups is 2. The molecule has 7 heteroatoms. The summed E-state index contributed by atoms with van der Waals surface area (Å²) in [6.07, 6.45) is 2.29. The Balaban J connectivity index is 1.99. The van der Waals surface area contributed by atoms with Gasteiger partial charge in [0.2, 0.25) is 0 Å². The molecule has 108 valence electrons. The van der Waals surface area contributed by atoms with Gasteiger partial charge >= 0.3 is 6.03 Å². The monoisotopic (exact) mass is 313 g/mol. The zero-order valence-electron chi connectivity index (χ0n) is 11.0. The minimum atomic E-state index is -0.395. The highest BCUT2D eigenvalue weighted by Gasteiger charge is 2.30. The van der Waals surface area contributed by atoms with Crippen molar-refractivity contribution < 1.29 is 14.0 Å². The molecule has 0 fully saturated rings. The van der Waals surface area contributed by atoms with E-state index in [0.29, 0.717) is 33.1 Å². The van der Waals surface area contributed by atoms with Crippen molar-refractivity contribution in [3.63, 3.8) is 0 Å². The highest BCUT2D eigenvalue weighted by Crippen LogP contribution is 2.44. The summed E-state index contributed by atoms with van der Waals surface area (Å²) in [5, 5.41) is 3.44. The van der Waals surface area contributed by atoms with Crippen LogP contribution in [0.25, 0.3) is 10.2 Å². The van der Waals surface area contributed by atoms with Crippen LogP contribution >= 0.6 is 11.3 Å². The predicted molar refractivity (Wildman–Crippen MR) is 82.6 cm³/mol. The van der Waals surface area contributed by atoms with Crippen LogP contribution in [0.4, 0.5) is 26.2 Å². The van der Waals surface area contributed by atoms with Gasteiger partial charge in [0.15, 0.2) is 6.29 Å². The molecule has 0 atom stereocenters. The number of nitrogens with zero attached hydrogens (tertiary/aromatic N) is 2. The van der Waals surface area contributed by atoms with Crippen molar-refractivity contribution in [2.75, 3.05) is 10.2 Å². The lowest BCUT2D eigenvalue weighted by molar-refractivity contribution is 0.112. The van der Waals surface area contributed by atoms with Gasteiger partial charge in [-0.25, -0.2) is 14.2 Å². The zero-order valence-corrected chi connectivity index (χ0v) is 11.9. The van der Waals surface area contributed by atoms with Crippen LogP contribution in [0, 0.1) is 5.82 Å². The lowest BCUT2D eigenvalue weighted by Crippen LogP contribution is -2.33. The lowest BCUT2D eigenvalue weighted by atomic mass is 10.1. The van der Waals surface area contributed by atoms with E-state index in [1.54, 1.807) is 12.3 Å². The fraction of sp³-hybridized carbons (Fsp3) is 0. The minimum Gasteiger partial charge on any atom is -0.305 e. The summed E-state index contributed by atoms with van der Waals surface area (Å²) >= 11 is 1.22. The normalized spacial score (nSPS) is 13.3. The molecular weight excluding hydrogens is 305 g/mol. The predicted octanol–water partition coefficient (Wildman–Crippen LogP) is 3.93. The van der Waals surface area contributed by atoms with E-state index in [1.165, 1.54) is 40.5 Å². The second-order valence-corrected chi connectivity index (χ2v) is 5.74. The highest BCUT2D eigenvalue weighted by molar-refractivity contribution is 7.21. The van der Waals surface area contributed by atoms with Gasteiger partial charge in [-0.3, -0.25) is 9.69 Å². The number of rotatable bonds is 2. The van der Waals surface area contributed by atoms with Crippen molar-refractivity contribution in [2.45, 2.75) is 0 Å². The van der Waals surface area contributed by atoms with E-state index >= 15 is 0 Å². The number of urea groups is 1. The van der Waals surface area contributed by atoms with E-state index in [2.05, 4.69) is 10.3 Å². The average molecular weight is 313 g/mol. The molecule has 0 unspecified atom stereocenters. The van der Waals surface area contributed by atoms with E-state index in [-0.39, 0.29) is 5.82 Å². The van der Waals surface area contributed by atoms with E-state index in [4.69, 9.17) is 0 Å². The molecule has 3 aromatic rings. The molecule has 0 bridgehead atoms. The van der Waals surface area contributed by atoms with Crippen molar-refractivity contribution in [3.8, 4) is 0 Å². The fourth-order valence-electron chi connectivity index (χ4n) is 2.54. The number of halogens is 1. The number of aldehydes is 1. The van der Waals surface area contributed by atoms with Crippen LogP contribution in [0.15, 0.2) is 36.5 Å². The van der Waals surface area contributed by atoms with Gasteiger partial charge in [0.1, 0.15) is 10.6 Å². The van der Waals surface area contributed by atoms with Gasteiger partial charge in [0, 0.05) is 6.20 Å². The summed E-state index contributed by atoms with van der Waals surface area (Å²) in [6.45, 7) is 0. The molecule has 1 aromatic carbocycles. The minimum absolute atomic E-state index is 0.375. The van der Waals surface area contributed by atoms with Gasteiger partial charge in [0.25, 0.3) is 0 Å².